The zero-order valence-corrected chi connectivity index (χ0v) is 8.53. The van der Waals surface area contributed by atoms with Crippen molar-refractivity contribution in [2.75, 3.05) is 0 Å². The predicted octanol–water partition coefficient (Wildman–Crippen LogP) is -0.332. The number of aliphatic hydroxyl groups is 2. The van der Waals surface area contributed by atoms with Crippen LogP contribution in [0, 0.1) is 0 Å². The Balaban J connectivity index is 2.93. The minimum absolute atomic E-state index is 0.644. The van der Waals surface area contributed by atoms with E-state index in [1.165, 1.54) is 0 Å². The Kier molecular flexibility index (Phi) is 2.45. The van der Waals surface area contributed by atoms with Crippen LogP contribution in [0.5, 0.6) is 0 Å². The van der Waals surface area contributed by atoms with E-state index in [0.717, 1.165) is 0 Å². The Hall–Kier alpha value is -0.160. The average molecular weight is 188 g/mol. The normalized spacial score (nSPS) is 43.2. The predicted molar refractivity (Wildman–Crippen MR) is 47.8 cm³/mol. The highest BCUT2D eigenvalue weighted by Gasteiger charge is 2.51. The maximum Gasteiger partial charge on any atom is 0.148 e. The molecule has 1 fully saturated rings. The summed E-state index contributed by atoms with van der Waals surface area (Å²) in [4.78, 5) is 0. The maximum atomic E-state index is 11.5. The van der Waals surface area contributed by atoms with Crippen molar-refractivity contribution in [3.63, 3.8) is 0 Å². The molecule has 2 atom stereocenters. The molecule has 4 nitrogen and oxygen atoms in total. The third-order valence-corrected chi connectivity index (χ3v) is 2.75. The first-order valence-electron chi connectivity index (χ1n) is 4.50. The number of rotatable bonds is 0. The van der Waals surface area contributed by atoms with Crippen LogP contribution in [-0.4, -0.2) is 39.6 Å². The zero-order chi connectivity index (χ0) is 10.4. The van der Waals surface area contributed by atoms with E-state index in [2.05, 4.69) is 5.32 Å². The molecule has 1 heterocycles. The van der Waals surface area contributed by atoms with Crippen LogP contribution in [0.2, 0.25) is 0 Å². The SMILES string of the molecule is CC1(C)NC(C)(C)C(O)C([O])C1O. The van der Waals surface area contributed by atoms with E-state index in [-0.39, 0.29) is 0 Å². The van der Waals surface area contributed by atoms with E-state index >= 15 is 0 Å². The van der Waals surface area contributed by atoms with Crippen molar-refractivity contribution in [3.8, 4) is 0 Å². The third kappa shape index (κ3) is 1.72. The van der Waals surface area contributed by atoms with Gasteiger partial charge in [0, 0.05) is 11.1 Å². The summed E-state index contributed by atoms with van der Waals surface area (Å²) in [6.45, 7) is 7.04. The molecule has 0 amide bonds. The highest BCUT2D eigenvalue weighted by Crippen LogP contribution is 2.29. The van der Waals surface area contributed by atoms with Gasteiger partial charge in [-0.05, 0) is 27.7 Å². The number of hydrogen-bond donors (Lipinski definition) is 3. The Morgan fingerprint density at radius 1 is 1.00 bits per heavy atom. The van der Waals surface area contributed by atoms with E-state index in [1.54, 1.807) is 27.7 Å². The summed E-state index contributed by atoms with van der Waals surface area (Å²) in [5.41, 5.74) is -1.29. The second-order valence-electron chi connectivity index (χ2n) is 4.92. The highest BCUT2D eigenvalue weighted by molar-refractivity contribution is 5.08. The molecule has 0 aliphatic carbocycles. The smallest absolute Gasteiger partial charge is 0.148 e. The average Bonchev–Trinajstić information content (AvgIpc) is 1.96. The molecule has 0 spiro atoms. The molecule has 4 heteroatoms. The van der Waals surface area contributed by atoms with Crippen LogP contribution in [0.15, 0.2) is 0 Å². The Bertz CT molecular complexity index is 183. The van der Waals surface area contributed by atoms with Gasteiger partial charge in [0.1, 0.15) is 18.3 Å². The fourth-order valence-corrected chi connectivity index (χ4v) is 1.97. The first kappa shape index (κ1) is 10.9. The van der Waals surface area contributed by atoms with Gasteiger partial charge in [-0.25, -0.2) is 5.11 Å². The molecule has 0 aromatic carbocycles. The van der Waals surface area contributed by atoms with Crippen LogP contribution in [-0.2, 0) is 5.11 Å². The van der Waals surface area contributed by atoms with Crippen molar-refractivity contribution >= 4 is 0 Å². The van der Waals surface area contributed by atoms with Crippen LogP contribution in [0.4, 0.5) is 0 Å². The van der Waals surface area contributed by atoms with Gasteiger partial charge in [-0.3, -0.25) is 0 Å². The topological polar surface area (TPSA) is 72.4 Å². The molecule has 1 rings (SSSR count). The molecular formula is C9H18NO3. The zero-order valence-electron chi connectivity index (χ0n) is 8.53. The van der Waals surface area contributed by atoms with Crippen molar-refractivity contribution in [1.29, 1.82) is 0 Å². The van der Waals surface area contributed by atoms with E-state index in [1.807, 2.05) is 0 Å². The van der Waals surface area contributed by atoms with Crippen LogP contribution in [0.25, 0.3) is 0 Å². The molecule has 77 valence electrons. The molecule has 13 heavy (non-hydrogen) atoms. The molecule has 3 N–H and O–H groups in total. The van der Waals surface area contributed by atoms with Crippen LogP contribution >= 0.6 is 0 Å². The minimum atomic E-state index is -1.34. The third-order valence-electron chi connectivity index (χ3n) is 2.75. The van der Waals surface area contributed by atoms with Crippen LogP contribution < -0.4 is 5.32 Å². The lowest BCUT2D eigenvalue weighted by Crippen LogP contribution is -2.73. The first-order chi connectivity index (χ1) is 5.68. The standard InChI is InChI=1S/C9H18NO3/c1-8(2)6(12)5(11)7(13)9(3,4)10-8/h5-7,10,12-13H,1-4H3. The molecule has 0 aromatic heterocycles. The maximum absolute atomic E-state index is 11.5. The molecule has 0 saturated carbocycles. The molecule has 2 unspecified atom stereocenters. The highest BCUT2D eigenvalue weighted by atomic mass is 16.4. The number of piperidine rings is 1. The van der Waals surface area contributed by atoms with Gasteiger partial charge in [0.2, 0.25) is 0 Å². The Labute approximate surface area is 78.6 Å². The summed E-state index contributed by atoms with van der Waals surface area (Å²) in [5, 5.41) is 33.7. The minimum Gasteiger partial charge on any atom is -0.388 e. The molecule has 1 aliphatic rings. The number of aliphatic hydroxyl groups excluding tert-OH is 2. The van der Waals surface area contributed by atoms with E-state index in [4.69, 9.17) is 0 Å². The lowest BCUT2D eigenvalue weighted by atomic mass is 9.77. The fourth-order valence-electron chi connectivity index (χ4n) is 1.97. The second kappa shape index (κ2) is 2.92. The number of nitrogens with one attached hydrogen (secondary N) is 1. The monoisotopic (exact) mass is 188 g/mol. The van der Waals surface area contributed by atoms with Gasteiger partial charge in [0.25, 0.3) is 0 Å². The summed E-state index contributed by atoms with van der Waals surface area (Å²) in [7, 11) is 0. The van der Waals surface area contributed by atoms with Gasteiger partial charge >= 0.3 is 0 Å². The van der Waals surface area contributed by atoms with Crippen LogP contribution in [0.3, 0.4) is 0 Å². The summed E-state index contributed by atoms with van der Waals surface area (Å²) >= 11 is 0. The molecule has 1 radical (unpaired) electrons. The lowest BCUT2D eigenvalue weighted by Gasteiger charge is -2.50. The number of hydrogen-bond acceptors (Lipinski definition) is 3. The van der Waals surface area contributed by atoms with Gasteiger partial charge in [-0.15, -0.1) is 0 Å². The van der Waals surface area contributed by atoms with Crippen molar-refractivity contribution in [2.24, 2.45) is 0 Å². The Morgan fingerprint density at radius 3 is 1.62 bits per heavy atom. The molecule has 1 saturated heterocycles. The van der Waals surface area contributed by atoms with Crippen molar-refractivity contribution in [3.05, 3.63) is 0 Å². The molecule has 0 aromatic rings. The van der Waals surface area contributed by atoms with Gasteiger partial charge in [0.05, 0.1) is 0 Å². The van der Waals surface area contributed by atoms with Crippen molar-refractivity contribution < 1.29 is 15.3 Å². The summed E-state index contributed by atoms with van der Waals surface area (Å²) in [6, 6.07) is 0. The Morgan fingerprint density at radius 2 is 1.31 bits per heavy atom. The van der Waals surface area contributed by atoms with E-state index < -0.39 is 29.4 Å². The summed E-state index contributed by atoms with van der Waals surface area (Å²) in [5.74, 6) is 0. The van der Waals surface area contributed by atoms with E-state index in [9.17, 15) is 15.3 Å². The molecule has 0 bridgehead atoms. The van der Waals surface area contributed by atoms with Gasteiger partial charge in [-0.2, -0.15) is 0 Å². The van der Waals surface area contributed by atoms with Crippen molar-refractivity contribution in [2.45, 2.75) is 57.1 Å². The fraction of sp³-hybridized carbons (Fsp3) is 1.00. The summed E-state index contributed by atoms with van der Waals surface area (Å²) in [6.07, 6.45) is -3.46. The van der Waals surface area contributed by atoms with Gasteiger partial charge in [-0.1, -0.05) is 0 Å². The largest absolute Gasteiger partial charge is 0.388 e. The van der Waals surface area contributed by atoms with E-state index in [0.29, 0.717) is 0 Å². The lowest BCUT2D eigenvalue weighted by molar-refractivity contribution is -0.175. The quantitative estimate of drug-likeness (QED) is 0.487. The molecular weight excluding hydrogens is 170 g/mol. The summed E-state index contributed by atoms with van der Waals surface area (Å²) < 4.78 is 0. The van der Waals surface area contributed by atoms with Crippen molar-refractivity contribution in [1.82, 2.24) is 5.32 Å². The van der Waals surface area contributed by atoms with Crippen LogP contribution in [0.1, 0.15) is 27.7 Å². The second-order valence-corrected chi connectivity index (χ2v) is 4.92. The van der Waals surface area contributed by atoms with Gasteiger partial charge in [0.15, 0.2) is 0 Å². The molecule has 1 aliphatic heterocycles. The van der Waals surface area contributed by atoms with Gasteiger partial charge < -0.3 is 15.5 Å². The first-order valence-corrected chi connectivity index (χ1v) is 4.50.